The molecule has 1 aliphatic rings. The van der Waals surface area contributed by atoms with Crippen LogP contribution in [0.25, 0.3) is 0 Å². The average Bonchev–Trinajstić information content (AvgIpc) is 2.58. The Balaban J connectivity index is 1.78. The quantitative estimate of drug-likeness (QED) is 0.925. The molecule has 1 unspecified atom stereocenters. The second-order valence-corrected chi connectivity index (χ2v) is 6.01. The zero-order valence-electron chi connectivity index (χ0n) is 13.7. The van der Waals surface area contributed by atoms with Crippen LogP contribution < -0.4 is 9.64 Å². The van der Waals surface area contributed by atoms with Crippen LogP contribution in [-0.2, 0) is 11.2 Å². The van der Waals surface area contributed by atoms with E-state index in [1.54, 1.807) is 23.1 Å². The molecule has 130 valence electrons. The van der Waals surface area contributed by atoms with Gasteiger partial charge in [0.2, 0.25) is 5.91 Å². The number of carbonyl (C=O) groups is 2. The molecule has 0 aromatic heterocycles. The molecular formula is C19H18FNO4. The first-order chi connectivity index (χ1) is 12.0. The van der Waals surface area contributed by atoms with Gasteiger partial charge >= 0.3 is 5.97 Å². The Hall–Kier alpha value is -2.89. The van der Waals surface area contributed by atoms with E-state index in [0.717, 1.165) is 0 Å². The zero-order chi connectivity index (χ0) is 18.0. The number of nitrogens with zero attached hydrogens (tertiary/aromatic N) is 1. The summed E-state index contributed by atoms with van der Waals surface area (Å²) in [7, 11) is 0. The van der Waals surface area contributed by atoms with Crippen molar-refractivity contribution in [3.8, 4) is 5.75 Å². The smallest absolute Gasteiger partial charge is 0.335 e. The van der Waals surface area contributed by atoms with Gasteiger partial charge in [-0.05, 0) is 37.1 Å². The van der Waals surface area contributed by atoms with Crippen molar-refractivity contribution in [2.75, 3.05) is 11.4 Å². The molecule has 0 bridgehead atoms. The molecule has 6 heteroatoms. The van der Waals surface area contributed by atoms with Crippen LogP contribution in [0.15, 0.2) is 42.5 Å². The van der Waals surface area contributed by atoms with Gasteiger partial charge in [0.05, 0.1) is 17.8 Å². The molecule has 1 heterocycles. The molecule has 1 N–H and O–H groups in total. The maximum Gasteiger partial charge on any atom is 0.335 e. The number of carbonyl (C=O) groups excluding carboxylic acids is 1. The lowest BCUT2D eigenvalue weighted by Crippen LogP contribution is -2.42. The zero-order valence-corrected chi connectivity index (χ0v) is 13.7. The minimum atomic E-state index is -1.01. The molecule has 0 saturated carbocycles. The molecule has 0 spiro atoms. The Bertz CT molecular complexity index is 821. The lowest BCUT2D eigenvalue weighted by atomic mass is 10.0. The summed E-state index contributed by atoms with van der Waals surface area (Å²) in [5.74, 6) is -1.24. The number of halogens is 1. The van der Waals surface area contributed by atoms with Crippen molar-refractivity contribution in [2.45, 2.75) is 25.9 Å². The van der Waals surface area contributed by atoms with E-state index in [0.29, 0.717) is 30.0 Å². The van der Waals surface area contributed by atoms with Crippen molar-refractivity contribution in [2.24, 2.45) is 0 Å². The summed E-state index contributed by atoms with van der Waals surface area (Å²) in [4.78, 5) is 25.5. The topological polar surface area (TPSA) is 66.8 Å². The average molecular weight is 343 g/mol. The Kier molecular flexibility index (Phi) is 4.70. The number of fused-ring (bicyclic) bond motifs is 1. The first-order valence-electron chi connectivity index (χ1n) is 8.03. The lowest BCUT2D eigenvalue weighted by Gasteiger charge is -2.33. The van der Waals surface area contributed by atoms with Crippen LogP contribution in [-0.4, -0.2) is 29.6 Å². The van der Waals surface area contributed by atoms with Crippen molar-refractivity contribution in [3.63, 3.8) is 0 Å². The molecule has 0 fully saturated rings. The number of hydrogen-bond acceptors (Lipinski definition) is 3. The number of anilines is 1. The summed E-state index contributed by atoms with van der Waals surface area (Å²) in [6, 6.07) is 10.7. The number of rotatable bonds is 4. The van der Waals surface area contributed by atoms with Crippen LogP contribution in [0.5, 0.6) is 5.75 Å². The van der Waals surface area contributed by atoms with E-state index in [1.807, 2.05) is 6.92 Å². The number of benzene rings is 2. The fourth-order valence-corrected chi connectivity index (χ4v) is 2.97. The highest BCUT2D eigenvalue weighted by molar-refractivity contribution is 5.96. The fraction of sp³-hybridized carbons (Fsp3) is 0.263. The monoisotopic (exact) mass is 343 g/mol. The number of aryl methyl sites for hydroxylation is 1. The standard InChI is InChI=1S/C19H18FNO4/c1-12-11-21(16-8-7-14(20)10-17(16)25-12)18(22)9-6-13-4-2-3-5-15(13)19(23)24/h2-5,7-8,10,12H,6,9,11H2,1H3,(H,23,24). The van der Waals surface area contributed by atoms with Gasteiger partial charge in [-0.15, -0.1) is 0 Å². The van der Waals surface area contributed by atoms with Crippen molar-refractivity contribution in [1.82, 2.24) is 0 Å². The molecule has 0 saturated heterocycles. The second-order valence-electron chi connectivity index (χ2n) is 6.01. The minimum absolute atomic E-state index is 0.150. The number of ether oxygens (including phenoxy) is 1. The van der Waals surface area contributed by atoms with Crippen LogP contribution in [0.2, 0.25) is 0 Å². The molecule has 2 aromatic carbocycles. The summed E-state index contributed by atoms with van der Waals surface area (Å²) in [5.41, 5.74) is 1.35. The third-order valence-electron chi connectivity index (χ3n) is 4.14. The second kappa shape index (κ2) is 6.93. The number of aromatic carboxylic acids is 1. The van der Waals surface area contributed by atoms with Crippen LogP contribution in [0.3, 0.4) is 0 Å². The van der Waals surface area contributed by atoms with Crippen LogP contribution in [0.1, 0.15) is 29.3 Å². The van der Waals surface area contributed by atoms with Gasteiger partial charge in [0.25, 0.3) is 0 Å². The summed E-state index contributed by atoms with van der Waals surface area (Å²) < 4.78 is 19.0. The van der Waals surface area contributed by atoms with Crippen LogP contribution in [0, 0.1) is 5.82 Å². The lowest BCUT2D eigenvalue weighted by molar-refractivity contribution is -0.119. The van der Waals surface area contributed by atoms with Crippen molar-refractivity contribution >= 4 is 17.6 Å². The van der Waals surface area contributed by atoms with E-state index in [1.165, 1.54) is 24.3 Å². The molecular weight excluding hydrogens is 325 g/mol. The van der Waals surface area contributed by atoms with Gasteiger partial charge in [0.15, 0.2) is 0 Å². The molecule has 1 aliphatic heterocycles. The molecule has 1 amide bonds. The summed E-state index contributed by atoms with van der Waals surface area (Å²) in [5, 5.41) is 9.22. The fourth-order valence-electron chi connectivity index (χ4n) is 2.97. The van der Waals surface area contributed by atoms with E-state index in [4.69, 9.17) is 4.74 Å². The van der Waals surface area contributed by atoms with Crippen molar-refractivity contribution in [3.05, 3.63) is 59.4 Å². The predicted molar refractivity (Wildman–Crippen MR) is 90.6 cm³/mol. The van der Waals surface area contributed by atoms with E-state index < -0.39 is 11.8 Å². The molecule has 3 rings (SSSR count). The van der Waals surface area contributed by atoms with Gasteiger partial charge in [-0.3, -0.25) is 4.79 Å². The van der Waals surface area contributed by atoms with Gasteiger partial charge < -0.3 is 14.7 Å². The minimum Gasteiger partial charge on any atom is -0.487 e. The molecule has 0 radical (unpaired) electrons. The maximum absolute atomic E-state index is 13.4. The first kappa shape index (κ1) is 17.0. The van der Waals surface area contributed by atoms with Gasteiger partial charge in [-0.2, -0.15) is 0 Å². The summed E-state index contributed by atoms with van der Waals surface area (Å²) in [6.07, 6.45) is 0.238. The molecule has 0 aliphatic carbocycles. The van der Waals surface area contributed by atoms with Gasteiger partial charge in [0.1, 0.15) is 17.7 Å². The van der Waals surface area contributed by atoms with E-state index in [-0.39, 0.29) is 24.0 Å². The van der Waals surface area contributed by atoms with E-state index in [9.17, 15) is 19.1 Å². The number of amides is 1. The molecule has 2 aromatic rings. The largest absolute Gasteiger partial charge is 0.487 e. The molecule has 1 atom stereocenters. The number of hydrogen-bond donors (Lipinski definition) is 1. The summed E-state index contributed by atoms with van der Waals surface area (Å²) in [6.45, 7) is 2.19. The third kappa shape index (κ3) is 3.63. The maximum atomic E-state index is 13.4. The van der Waals surface area contributed by atoms with Gasteiger partial charge in [-0.1, -0.05) is 18.2 Å². The van der Waals surface area contributed by atoms with Gasteiger partial charge in [0, 0.05) is 12.5 Å². The Morgan fingerprint density at radius 2 is 2.04 bits per heavy atom. The Labute approximate surface area is 144 Å². The van der Waals surface area contributed by atoms with Crippen LogP contribution in [0.4, 0.5) is 10.1 Å². The van der Waals surface area contributed by atoms with E-state index in [2.05, 4.69) is 0 Å². The molecule has 5 nitrogen and oxygen atoms in total. The number of carboxylic acids is 1. The normalized spacial score (nSPS) is 16.1. The Morgan fingerprint density at radius 3 is 2.80 bits per heavy atom. The Morgan fingerprint density at radius 1 is 1.28 bits per heavy atom. The highest BCUT2D eigenvalue weighted by atomic mass is 19.1. The highest BCUT2D eigenvalue weighted by Gasteiger charge is 2.27. The third-order valence-corrected chi connectivity index (χ3v) is 4.14. The number of carboxylic acid groups (broad SMARTS) is 1. The van der Waals surface area contributed by atoms with Crippen molar-refractivity contribution in [1.29, 1.82) is 0 Å². The highest BCUT2D eigenvalue weighted by Crippen LogP contribution is 2.34. The van der Waals surface area contributed by atoms with Crippen molar-refractivity contribution < 1.29 is 23.8 Å². The van der Waals surface area contributed by atoms with Gasteiger partial charge in [-0.25, -0.2) is 9.18 Å². The molecule has 25 heavy (non-hydrogen) atoms. The van der Waals surface area contributed by atoms with E-state index >= 15 is 0 Å². The first-order valence-corrected chi connectivity index (χ1v) is 8.03. The summed E-state index contributed by atoms with van der Waals surface area (Å²) >= 11 is 0. The van der Waals surface area contributed by atoms with Crippen LogP contribution >= 0.6 is 0 Å². The SMILES string of the molecule is CC1CN(C(=O)CCc2ccccc2C(=O)O)c2ccc(F)cc2O1. The predicted octanol–water partition coefficient (Wildman–Crippen LogP) is 3.27.